The molecule has 1 heterocycles. The third-order valence-corrected chi connectivity index (χ3v) is 5.67. The van der Waals surface area contributed by atoms with Crippen molar-refractivity contribution in [2.24, 2.45) is 10.9 Å². The number of benzene rings is 1. The molecule has 1 saturated carbocycles. The zero-order chi connectivity index (χ0) is 19.5. The topological polar surface area (TPSA) is 39.7 Å². The number of alkyl halides is 3. The highest BCUT2D eigenvalue weighted by molar-refractivity contribution is 6.30. The van der Waals surface area contributed by atoms with Gasteiger partial charge >= 0.3 is 6.18 Å². The van der Waals surface area contributed by atoms with Gasteiger partial charge in [0.1, 0.15) is 0 Å². The average Bonchev–Trinajstić information content (AvgIpc) is 3.27. The number of hydrogen-bond acceptors (Lipinski definition) is 2. The fourth-order valence-electron chi connectivity index (χ4n) is 3.73. The van der Waals surface area contributed by atoms with E-state index in [0.717, 1.165) is 30.8 Å². The fourth-order valence-corrected chi connectivity index (χ4v) is 3.92. The summed E-state index contributed by atoms with van der Waals surface area (Å²) in [5.41, 5.74) is 1.33. The molecule has 1 atom stereocenters. The zero-order valence-electron chi connectivity index (χ0n) is 15.4. The molecule has 27 heavy (non-hydrogen) atoms. The quantitative estimate of drug-likeness (QED) is 0.565. The zero-order valence-corrected chi connectivity index (χ0v) is 16.2. The van der Waals surface area contributed by atoms with Crippen LogP contribution in [0.2, 0.25) is 5.02 Å². The molecule has 0 bridgehead atoms. The maximum Gasteiger partial charge on any atom is 0.401 e. The van der Waals surface area contributed by atoms with Crippen LogP contribution in [0.25, 0.3) is 0 Å². The number of hydrogen-bond donors (Lipinski definition) is 2. The summed E-state index contributed by atoms with van der Waals surface area (Å²) >= 11 is 6.11. The van der Waals surface area contributed by atoms with Crippen molar-refractivity contribution in [2.75, 3.05) is 39.8 Å². The number of guanidine groups is 1. The molecule has 0 radical (unpaired) electrons. The molecule has 0 spiro atoms. The first-order valence-corrected chi connectivity index (χ1v) is 9.67. The molecule has 0 aromatic heterocycles. The fraction of sp³-hybridized carbons (Fsp3) is 0.632. The van der Waals surface area contributed by atoms with E-state index < -0.39 is 12.7 Å². The molecule has 1 aromatic rings. The summed E-state index contributed by atoms with van der Waals surface area (Å²) in [4.78, 5) is 5.72. The van der Waals surface area contributed by atoms with E-state index in [2.05, 4.69) is 21.7 Å². The summed E-state index contributed by atoms with van der Waals surface area (Å²) in [6.07, 6.45) is -1.15. The van der Waals surface area contributed by atoms with Crippen LogP contribution in [-0.4, -0.2) is 56.8 Å². The largest absolute Gasteiger partial charge is 0.401 e. The van der Waals surface area contributed by atoms with Crippen LogP contribution < -0.4 is 10.6 Å². The Hall–Kier alpha value is -1.47. The number of halogens is 4. The second-order valence-electron chi connectivity index (χ2n) is 7.60. The summed E-state index contributed by atoms with van der Waals surface area (Å²) < 4.78 is 37.5. The molecular weight excluding hydrogens is 377 g/mol. The molecular formula is C19H26ClF3N4. The molecule has 2 N–H and O–H groups in total. The van der Waals surface area contributed by atoms with E-state index in [0.29, 0.717) is 25.6 Å². The van der Waals surface area contributed by atoms with Crippen LogP contribution in [0.5, 0.6) is 0 Å². The van der Waals surface area contributed by atoms with Crippen LogP contribution in [0, 0.1) is 5.92 Å². The van der Waals surface area contributed by atoms with Gasteiger partial charge < -0.3 is 10.6 Å². The van der Waals surface area contributed by atoms with Gasteiger partial charge in [-0.3, -0.25) is 9.89 Å². The number of aliphatic imine (C=N–C) groups is 1. The molecule has 1 unspecified atom stereocenters. The highest BCUT2D eigenvalue weighted by Gasteiger charge is 2.44. The first-order chi connectivity index (χ1) is 12.8. The van der Waals surface area contributed by atoms with Gasteiger partial charge in [0, 0.05) is 37.1 Å². The Morgan fingerprint density at radius 2 is 2.11 bits per heavy atom. The Balaban J connectivity index is 1.44. The van der Waals surface area contributed by atoms with Gasteiger partial charge in [-0.2, -0.15) is 13.2 Å². The highest BCUT2D eigenvalue weighted by atomic mass is 35.5. The normalized spacial score (nSPS) is 22.7. The van der Waals surface area contributed by atoms with Crippen molar-refractivity contribution in [2.45, 2.75) is 30.9 Å². The Kier molecular flexibility index (Phi) is 6.21. The third-order valence-electron chi connectivity index (χ3n) is 5.44. The number of likely N-dealkylation sites (tertiary alicyclic amines) is 1. The monoisotopic (exact) mass is 402 g/mol. The molecule has 150 valence electrons. The van der Waals surface area contributed by atoms with E-state index in [9.17, 15) is 13.2 Å². The highest BCUT2D eigenvalue weighted by Crippen LogP contribution is 2.48. The first kappa shape index (κ1) is 20.3. The van der Waals surface area contributed by atoms with Gasteiger partial charge in [0.05, 0.1) is 6.54 Å². The standard InChI is InChI=1S/C19H26ClF3N4/c1-24-17(25-10-14-5-8-27(11-14)13-19(21,22)23)26-12-18(6-7-18)15-3-2-4-16(20)9-15/h2-4,9,14H,5-8,10-13H2,1H3,(H2,24,25,26). The molecule has 1 aliphatic carbocycles. The Morgan fingerprint density at radius 1 is 1.33 bits per heavy atom. The lowest BCUT2D eigenvalue weighted by Crippen LogP contribution is -2.43. The van der Waals surface area contributed by atoms with Crippen molar-refractivity contribution >= 4 is 17.6 Å². The van der Waals surface area contributed by atoms with Gasteiger partial charge in [-0.15, -0.1) is 0 Å². The Bertz CT molecular complexity index is 673. The smallest absolute Gasteiger partial charge is 0.356 e. The summed E-state index contributed by atoms with van der Waals surface area (Å²) in [7, 11) is 1.71. The van der Waals surface area contributed by atoms with Crippen molar-refractivity contribution in [3.05, 3.63) is 34.9 Å². The Morgan fingerprint density at radius 3 is 2.74 bits per heavy atom. The molecule has 3 rings (SSSR count). The molecule has 2 aliphatic rings. The second kappa shape index (κ2) is 8.27. The van der Waals surface area contributed by atoms with E-state index >= 15 is 0 Å². The minimum Gasteiger partial charge on any atom is -0.356 e. The number of nitrogens with zero attached hydrogens (tertiary/aromatic N) is 2. The lowest BCUT2D eigenvalue weighted by Gasteiger charge is -2.21. The minimum atomic E-state index is -4.13. The van der Waals surface area contributed by atoms with E-state index in [1.54, 1.807) is 7.05 Å². The molecule has 1 aliphatic heterocycles. The summed E-state index contributed by atoms with van der Waals surface area (Å²) in [5, 5.41) is 7.37. The summed E-state index contributed by atoms with van der Waals surface area (Å²) in [6, 6.07) is 7.96. The minimum absolute atomic E-state index is 0.0966. The molecule has 2 fully saturated rings. The van der Waals surface area contributed by atoms with Gasteiger partial charge in [0.25, 0.3) is 0 Å². The number of rotatable bonds is 6. The molecule has 8 heteroatoms. The summed E-state index contributed by atoms with van der Waals surface area (Å²) in [5.74, 6) is 0.895. The van der Waals surface area contributed by atoms with Gasteiger partial charge in [-0.25, -0.2) is 0 Å². The van der Waals surface area contributed by atoms with Crippen molar-refractivity contribution < 1.29 is 13.2 Å². The van der Waals surface area contributed by atoms with Crippen molar-refractivity contribution in [1.82, 2.24) is 15.5 Å². The van der Waals surface area contributed by atoms with Gasteiger partial charge in [-0.05, 0) is 49.4 Å². The molecule has 0 amide bonds. The van der Waals surface area contributed by atoms with Crippen LogP contribution in [0.1, 0.15) is 24.8 Å². The maximum absolute atomic E-state index is 12.5. The SMILES string of the molecule is CN=C(NCC1CCN(CC(F)(F)F)C1)NCC1(c2cccc(Cl)c2)CC1. The molecule has 4 nitrogen and oxygen atoms in total. The van der Waals surface area contributed by atoms with E-state index in [1.165, 1.54) is 10.5 Å². The lowest BCUT2D eigenvalue weighted by atomic mass is 9.96. The molecule has 1 aromatic carbocycles. The molecule has 1 saturated heterocycles. The predicted octanol–water partition coefficient (Wildman–Crippen LogP) is 3.42. The average molecular weight is 403 g/mol. The maximum atomic E-state index is 12.5. The van der Waals surface area contributed by atoms with Crippen molar-refractivity contribution in [3.63, 3.8) is 0 Å². The van der Waals surface area contributed by atoms with Crippen molar-refractivity contribution in [1.29, 1.82) is 0 Å². The first-order valence-electron chi connectivity index (χ1n) is 9.29. The van der Waals surface area contributed by atoms with Crippen LogP contribution in [0.3, 0.4) is 0 Å². The Labute approximate surface area is 163 Å². The number of nitrogens with one attached hydrogen (secondary N) is 2. The van der Waals surface area contributed by atoms with Gasteiger partial charge in [-0.1, -0.05) is 23.7 Å². The van der Waals surface area contributed by atoms with Crippen LogP contribution in [-0.2, 0) is 5.41 Å². The van der Waals surface area contributed by atoms with Gasteiger partial charge in [0.15, 0.2) is 5.96 Å². The van der Waals surface area contributed by atoms with Crippen LogP contribution in [0.4, 0.5) is 13.2 Å². The lowest BCUT2D eigenvalue weighted by molar-refractivity contribution is -0.143. The third kappa shape index (κ3) is 5.75. The second-order valence-corrected chi connectivity index (χ2v) is 8.04. The van der Waals surface area contributed by atoms with Crippen molar-refractivity contribution in [3.8, 4) is 0 Å². The van der Waals surface area contributed by atoms with Crippen LogP contribution >= 0.6 is 11.6 Å². The van der Waals surface area contributed by atoms with E-state index in [4.69, 9.17) is 11.6 Å². The van der Waals surface area contributed by atoms with E-state index in [-0.39, 0.29) is 11.3 Å². The van der Waals surface area contributed by atoms with Crippen LogP contribution in [0.15, 0.2) is 29.3 Å². The summed E-state index contributed by atoms with van der Waals surface area (Å²) in [6.45, 7) is 1.53. The van der Waals surface area contributed by atoms with E-state index in [1.807, 2.05) is 18.2 Å². The predicted molar refractivity (Wildman–Crippen MR) is 102 cm³/mol. The van der Waals surface area contributed by atoms with Gasteiger partial charge in [0.2, 0.25) is 0 Å².